The van der Waals surface area contributed by atoms with Gasteiger partial charge < -0.3 is 4.74 Å². The lowest BCUT2D eigenvalue weighted by Crippen LogP contribution is -2.23. The monoisotopic (exact) mass is 294 g/mol. The number of ether oxygens (including phenoxy) is 1. The van der Waals surface area contributed by atoms with Crippen molar-refractivity contribution in [3.63, 3.8) is 0 Å². The SMILES string of the molecule is CCC(=O)C(C)Oc1ccc(Cl)cc1C1CCCCC1. The summed E-state index contributed by atoms with van der Waals surface area (Å²) in [5.74, 6) is 1.48. The van der Waals surface area contributed by atoms with Gasteiger partial charge in [0.15, 0.2) is 11.9 Å². The molecule has 2 nitrogen and oxygen atoms in total. The fourth-order valence-electron chi connectivity index (χ4n) is 2.90. The molecular formula is C17H23ClO2. The highest BCUT2D eigenvalue weighted by molar-refractivity contribution is 6.30. The molecule has 0 spiro atoms. The van der Waals surface area contributed by atoms with Gasteiger partial charge in [-0.05, 0) is 49.4 Å². The van der Waals surface area contributed by atoms with Gasteiger partial charge in [-0.2, -0.15) is 0 Å². The zero-order valence-corrected chi connectivity index (χ0v) is 13.1. The van der Waals surface area contributed by atoms with E-state index < -0.39 is 0 Å². The standard InChI is InChI=1S/C17H23ClO2/c1-3-16(19)12(2)20-17-10-9-14(18)11-15(17)13-7-5-4-6-8-13/h9-13H,3-8H2,1-2H3. The first-order chi connectivity index (χ1) is 9.61. The molecule has 1 saturated carbocycles. The van der Waals surface area contributed by atoms with Crippen LogP contribution in [0.15, 0.2) is 18.2 Å². The third-order valence-electron chi connectivity index (χ3n) is 4.12. The van der Waals surface area contributed by atoms with Crippen molar-refractivity contribution in [2.75, 3.05) is 0 Å². The molecule has 1 atom stereocenters. The molecule has 0 saturated heterocycles. The summed E-state index contributed by atoms with van der Waals surface area (Å²) in [5, 5.41) is 0.743. The average molecular weight is 295 g/mol. The Morgan fingerprint density at radius 3 is 2.70 bits per heavy atom. The first-order valence-electron chi connectivity index (χ1n) is 7.60. The van der Waals surface area contributed by atoms with Crippen molar-refractivity contribution in [2.45, 2.75) is 64.4 Å². The maximum atomic E-state index is 11.7. The summed E-state index contributed by atoms with van der Waals surface area (Å²) in [7, 11) is 0. The molecule has 110 valence electrons. The Morgan fingerprint density at radius 1 is 1.35 bits per heavy atom. The van der Waals surface area contributed by atoms with Gasteiger partial charge in [-0.15, -0.1) is 0 Å². The highest BCUT2D eigenvalue weighted by atomic mass is 35.5. The molecular weight excluding hydrogens is 272 g/mol. The van der Waals surface area contributed by atoms with Gasteiger partial charge >= 0.3 is 0 Å². The van der Waals surface area contributed by atoms with Crippen LogP contribution in [-0.2, 0) is 4.79 Å². The maximum absolute atomic E-state index is 11.7. The lowest BCUT2D eigenvalue weighted by molar-refractivity contribution is -0.124. The molecule has 2 rings (SSSR count). The van der Waals surface area contributed by atoms with E-state index in [-0.39, 0.29) is 11.9 Å². The molecule has 20 heavy (non-hydrogen) atoms. The Balaban J connectivity index is 2.21. The Morgan fingerprint density at radius 2 is 2.05 bits per heavy atom. The van der Waals surface area contributed by atoms with Crippen LogP contribution in [-0.4, -0.2) is 11.9 Å². The molecule has 0 amide bonds. The minimum absolute atomic E-state index is 0.134. The number of hydrogen-bond acceptors (Lipinski definition) is 2. The first kappa shape index (κ1) is 15.4. The van der Waals surface area contributed by atoms with Crippen molar-refractivity contribution in [1.82, 2.24) is 0 Å². The molecule has 3 heteroatoms. The first-order valence-corrected chi connectivity index (χ1v) is 7.98. The maximum Gasteiger partial charge on any atom is 0.172 e. The van der Waals surface area contributed by atoms with Crippen molar-refractivity contribution >= 4 is 17.4 Å². The van der Waals surface area contributed by atoms with E-state index in [0.717, 1.165) is 10.8 Å². The molecule has 1 aromatic rings. The van der Waals surface area contributed by atoms with Gasteiger partial charge in [0, 0.05) is 11.4 Å². The van der Waals surface area contributed by atoms with Gasteiger partial charge in [0.05, 0.1) is 0 Å². The molecule has 0 aliphatic heterocycles. The highest BCUT2D eigenvalue weighted by Crippen LogP contribution is 2.39. The van der Waals surface area contributed by atoms with Gasteiger partial charge in [0.25, 0.3) is 0 Å². The second-order valence-corrected chi connectivity index (χ2v) is 6.03. The molecule has 1 aliphatic carbocycles. The second kappa shape index (κ2) is 7.12. The lowest BCUT2D eigenvalue weighted by atomic mass is 9.83. The zero-order valence-electron chi connectivity index (χ0n) is 12.3. The predicted octanol–water partition coefficient (Wildman–Crippen LogP) is 5.13. The largest absolute Gasteiger partial charge is 0.483 e. The summed E-state index contributed by atoms with van der Waals surface area (Å²) in [6.45, 7) is 3.69. The Hall–Kier alpha value is -1.02. The van der Waals surface area contributed by atoms with Crippen LogP contribution in [0.5, 0.6) is 5.75 Å². The zero-order chi connectivity index (χ0) is 14.5. The molecule has 1 aliphatic rings. The van der Waals surface area contributed by atoms with Crippen molar-refractivity contribution in [1.29, 1.82) is 0 Å². The average Bonchev–Trinajstić information content (AvgIpc) is 2.49. The van der Waals surface area contributed by atoms with Gasteiger partial charge in [-0.1, -0.05) is 37.8 Å². The molecule has 0 N–H and O–H groups in total. The summed E-state index contributed by atoms with van der Waals surface area (Å²) in [5.41, 5.74) is 1.17. The van der Waals surface area contributed by atoms with E-state index in [1.54, 1.807) is 0 Å². The summed E-state index contributed by atoms with van der Waals surface area (Å²) < 4.78 is 5.90. The van der Waals surface area contributed by atoms with Crippen LogP contribution in [0.1, 0.15) is 63.9 Å². The summed E-state index contributed by atoms with van der Waals surface area (Å²) in [6.07, 6.45) is 6.34. The predicted molar refractivity (Wildman–Crippen MR) is 82.7 cm³/mol. The Kier molecular flexibility index (Phi) is 5.47. The van der Waals surface area contributed by atoms with Crippen LogP contribution in [0.4, 0.5) is 0 Å². The molecule has 0 radical (unpaired) electrons. The number of rotatable bonds is 5. The van der Waals surface area contributed by atoms with E-state index in [2.05, 4.69) is 0 Å². The molecule has 1 unspecified atom stereocenters. The molecule has 1 fully saturated rings. The quantitative estimate of drug-likeness (QED) is 0.752. The molecule has 0 heterocycles. The van der Waals surface area contributed by atoms with Crippen LogP contribution in [0.3, 0.4) is 0 Å². The number of Topliss-reactive ketones (excluding diaryl/α,β-unsaturated/α-hetero) is 1. The summed E-state index contributed by atoms with van der Waals surface area (Å²) in [6, 6.07) is 5.76. The summed E-state index contributed by atoms with van der Waals surface area (Å²) >= 11 is 6.14. The number of benzene rings is 1. The smallest absolute Gasteiger partial charge is 0.172 e. The van der Waals surface area contributed by atoms with Crippen molar-refractivity contribution in [3.8, 4) is 5.75 Å². The minimum Gasteiger partial charge on any atom is -0.483 e. The van der Waals surface area contributed by atoms with Crippen LogP contribution >= 0.6 is 11.6 Å². The van der Waals surface area contributed by atoms with Crippen LogP contribution in [0, 0.1) is 0 Å². The molecule has 0 aromatic heterocycles. The Bertz CT molecular complexity index is 464. The number of ketones is 1. The van der Waals surface area contributed by atoms with Crippen molar-refractivity contribution in [3.05, 3.63) is 28.8 Å². The van der Waals surface area contributed by atoms with Crippen molar-refractivity contribution < 1.29 is 9.53 Å². The van der Waals surface area contributed by atoms with E-state index in [1.165, 1.54) is 37.7 Å². The normalized spacial score (nSPS) is 17.8. The second-order valence-electron chi connectivity index (χ2n) is 5.60. The van der Waals surface area contributed by atoms with Crippen LogP contribution < -0.4 is 4.74 Å². The van der Waals surface area contributed by atoms with Crippen LogP contribution in [0.25, 0.3) is 0 Å². The number of halogens is 1. The van der Waals surface area contributed by atoms with Crippen molar-refractivity contribution in [2.24, 2.45) is 0 Å². The topological polar surface area (TPSA) is 26.3 Å². The number of hydrogen-bond donors (Lipinski definition) is 0. The van der Waals surface area contributed by atoms with Gasteiger partial charge in [-0.25, -0.2) is 0 Å². The lowest BCUT2D eigenvalue weighted by Gasteiger charge is -2.25. The van der Waals surface area contributed by atoms with E-state index in [1.807, 2.05) is 32.0 Å². The Labute approximate surface area is 126 Å². The van der Waals surface area contributed by atoms with E-state index in [4.69, 9.17) is 16.3 Å². The van der Waals surface area contributed by atoms with Gasteiger partial charge in [-0.3, -0.25) is 4.79 Å². The van der Waals surface area contributed by atoms with E-state index in [0.29, 0.717) is 12.3 Å². The fourth-order valence-corrected chi connectivity index (χ4v) is 3.08. The highest BCUT2D eigenvalue weighted by Gasteiger charge is 2.21. The third-order valence-corrected chi connectivity index (χ3v) is 4.36. The third kappa shape index (κ3) is 3.76. The summed E-state index contributed by atoms with van der Waals surface area (Å²) in [4.78, 5) is 11.7. The molecule has 0 bridgehead atoms. The van der Waals surface area contributed by atoms with Crippen LogP contribution in [0.2, 0.25) is 5.02 Å². The molecule has 1 aromatic carbocycles. The fraction of sp³-hybridized carbons (Fsp3) is 0.588. The number of carbonyl (C=O) groups excluding carboxylic acids is 1. The van der Waals surface area contributed by atoms with Gasteiger partial charge in [0.1, 0.15) is 5.75 Å². The minimum atomic E-state index is -0.386. The number of carbonyl (C=O) groups is 1. The van der Waals surface area contributed by atoms with Gasteiger partial charge in [0.2, 0.25) is 0 Å². The van der Waals surface area contributed by atoms with E-state index >= 15 is 0 Å². The van der Waals surface area contributed by atoms with E-state index in [9.17, 15) is 4.79 Å².